The number of halogens is 2. The van der Waals surface area contributed by atoms with Gasteiger partial charge in [-0.25, -0.2) is 8.78 Å². The Balaban J connectivity index is 1.53. The highest BCUT2D eigenvalue weighted by Gasteiger charge is 2.27. The molecular weight excluding hydrogens is 310 g/mol. The van der Waals surface area contributed by atoms with E-state index in [2.05, 4.69) is 16.7 Å². The summed E-state index contributed by atoms with van der Waals surface area (Å²) in [6, 6.07) is 4.76. The van der Waals surface area contributed by atoms with Gasteiger partial charge in [-0.05, 0) is 50.8 Å². The lowest BCUT2D eigenvalue weighted by Crippen LogP contribution is -2.48. The summed E-state index contributed by atoms with van der Waals surface area (Å²) in [6.07, 6.45) is 6.12. The molecule has 0 N–H and O–H groups in total. The Kier molecular flexibility index (Phi) is 6.06. The van der Waals surface area contributed by atoms with Gasteiger partial charge in [0.15, 0.2) is 11.6 Å². The van der Waals surface area contributed by atoms with E-state index in [4.69, 9.17) is 4.74 Å². The molecule has 1 aromatic carbocycles. The van der Waals surface area contributed by atoms with E-state index in [0.717, 1.165) is 51.3 Å². The zero-order chi connectivity index (χ0) is 16.9. The highest BCUT2D eigenvalue weighted by molar-refractivity contribution is 5.47. The van der Waals surface area contributed by atoms with E-state index >= 15 is 0 Å². The van der Waals surface area contributed by atoms with Crippen molar-refractivity contribution in [2.45, 2.75) is 51.2 Å². The van der Waals surface area contributed by atoms with Crippen molar-refractivity contribution < 1.29 is 13.5 Å². The summed E-state index contributed by atoms with van der Waals surface area (Å²) in [4.78, 5) is 4.70. The number of benzene rings is 1. The third-order valence-electron chi connectivity index (χ3n) is 5.37. The summed E-state index contributed by atoms with van der Waals surface area (Å²) < 4.78 is 32.4. The minimum absolute atomic E-state index is 0.378. The molecule has 1 aromatic rings. The van der Waals surface area contributed by atoms with Crippen molar-refractivity contribution in [1.29, 1.82) is 0 Å². The van der Waals surface area contributed by atoms with Crippen molar-refractivity contribution in [1.82, 2.24) is 4.90 Å². The highest BCUT2D eigenvalue weighted by Crippen LogP contribution is 2.25. The third-order valence-corrected chi connectivity index (χ3v) is 5.37. The van der Waals surface area contributed by atoms with Crippen LogP contribution in [0.1, 0.15) is 39.0 Å². The van der Waals surface area contributed by atoms with E-state index in [-0.39, 0.29) is 0 Å². The number of piperidine rings is 1. The second-order valence-corrected chi connectivity index (χ2v) is 6.89. The number of hydrogen-bond acceptors (Lipinski definition) is 3. The maximum absolute atomic E-state index is 13.4. The molecule has 0 amide bonds. The summed E-state index contributed by atoms with van der Waals surface area (Å²) in [5.41, 5.74) is 0.783. The molecule has 2 heterocycles. The summed E-state index contributed by atoms with van der Waals surface area (Å²) in [5.74, 6) is -1.54. The number of rotatable bonds is 5. The van der Waals surface area contributed by atoms with E-state index in [1.807, 2.05) is 0 Å². The Labute approximate surface area is 143 Å². The Hall–Kier alpha value is -1.20. The number of hydrogen-bond donors (Lipinski definition) is 0. The zero-order valence-corrected chi connectivity index (χ0v) is 14.5. The first kappa shape index (κ1) is 17.6. The van der Waals surface area contributed by atoms with E-state index in [0.29, 0.717) is 12.1 Å². The van der Waals surface area contributed by atoms with E-state index in [1.165, 1.54) is 31.4 Å². The van der Waals surface area contributed by atoms with Crippen LogP contribution in [-0.2, 0) is 4.74 Å². The Morgan fingerprint density at radius 3 is 2.54 bits per heavy atom. The molecule has 0 bridgehead atoms. The van der Waals surface area contributed by atoms with E-state index in [1.54, 1.807) is 6.07 Å². The van der Waals surface area contributed by atoms with Crippen molar-refractivity contribution in [3.8, 4) is 0 Å². The molecule has 2 aliphatic rings. The first-order valence-corrected chi connectivity index (χ1v) is 9.23. The van der Waals surface area contributed by atoms with Crippen LogP contribution in [0.15, 0.2) is 18.2 Å². The van der Waals surface area contributed by atoms with Gasteiger partial charge in [-0.2, -0.15) is 0 Å². The molecule has 3 rings (SSSR count). The Morgan fingerprint density at radius 2 is 1.92 bits per heavy atom. The van der Waals surface area contributed by atoms with Crippen LogP contribution in [0.2, 0.25) is 0 Å². The number of nitrogens with zero attached hydrogens (tertiary/aromatic N) is 2. The number of likely N-dealkylation sites (N-methyl/N-ethyl adjacent to an activating group) is 1. The molecule has 5 heteroatoms. The van der Waals surface area contributed by atoms with Crippen LogP contribution >= 0.6 is 0 Å². The van der Waals surface area contributed by atoms with Crippen LogP contribution in [-0.4, -0.2) is 49.8 Å². The minimum Gasteiger partial charge on any atom is -0.377 e. The van der Waals surface area contributed by atoms with Crippen LogP contribution in [0.5, 0.6) is 0 Å². The summed E-state index contributed by atoms with van der Waals surface area (Å²) in [7, 11) is 0. The van der Waals surface area contributed by atoms with Crippen LogP contribution in [0.3, 0.4) is 0 Å². The van der Waals surface area contributed by atoms with Crippen LogP contribution in [0, 0.1) is 11.6 Å². The standard InChI is InChI=1S/C19H28F2N2O/c1-2-22(14-17-5-3-4-12-24-17)15-8-10-23(11-9-15)16-6-7-18(20)19(21)13-16/h6-7,13,15,17H,2-5,8-12,14H2,1H3. The SMILES string of the molecule is CCN(CC1CCCCO1)C1CCN(c2ccc(F)c(F)c2)CC1. The molecule has 0 saturated carbocycles. The number of ether oxygens (including phenoxy) is 1. The predicted molar refractivity (Wildman–Crippen MR) is 92.4 cm³/mol. The monoisotopic (exact) mass is 338 g/mol. The van der Waals surface area contributed by atoms with Gasteiger partial charge in [0.05, 0.1) is 6.10 Å². The molecule has 134 valence electrons. The van der Waals surface area contributed by atoms with Gasteiger partial charge in [-0.3, -0.25) is 4.90 Å². The van der Waals surface area contributed by atoms with Gasteiger partial charge < -0.3 is 9.64 Å². The van der Waals surface area contributed by atoms with Crippen molar-refractivity contribution >= 4 is 5.69 Å². The largest absolute Gasteiger partial charge is 0.377 e. The fraction of sp³-hybridized carbons (Fsp3) is 0.684. The predicted octanol–water partition coefficient (Wildman–Crippen LogP) is 3.82. The van der Waals surface area contributed by atoms with Crippen molar-refractivity contribution in [3.05, 3.63) is 29.8 Å². The smallest absolute Gasteiger partial charge is 0.160 e. The summed E-state index contributed by atoms with van der Waals surface area (Å²) >= 11 is 0. The topological polar surface area (TPSA) is 15.7 Å². The Morgan fingerprint density at radius 1 is 1.12 bits per heavy atom. The van der Waals surface area contributed by atoms with E-state index < -0.39 is 11.6 Å². The Bertz CT molecular complexity index is 526. The molecule has 3 nitrogen and oxygen atoms in total. The average Bonchev–Trinajstić information content (AvgIpc) is 2.63. The zero-order valence-electron chi connectivity index (χ0n) is 14.5. The molecule has 0 aromatic heterocycles. The molecule has 0 aliphatic carbocycles. The summed E-state index contributed by atoms with van der Waals surface area (Å²) in [5, 5.41) is 0. The fourth-order valence-electron chi connectivity index (χ4n) is 3.92. The van der Waals surface area contributed by atoms with Gasteiger partial charge in [0.2, 0.25) is 0 Å². The molecule has 2 saturated heterocycles. The van der Waals surface area contributed by atoms with Gasteiger partial charge in [-0.1, -0.05) is 6.92 Å². The van der Waals surface area contributed by atoms with Crippen molar-refractivity contribution in [2.24, 2.45) is 0 Å². The maximum Gasteiger partial charge on any atom is 0.160 e. The first-order chi connectivity index (χ1) is 11.7. The molecule has 2 fully saturated rings. The molecular formula is C19H28F2N2O. The van der Waals surface area contributed by atoms with Crippen molar-refractivity contribution in [2.75, 3.05) is 37.7 Å². The fourth-order valence-corrected chi connectivity index (χ4v) is 3.92. The first-order valence-electron chi connectivity index (χ1n) is 9.23. The van der Waals surface area contributed by atoms with Crippen LogP contribution < -0.4 is 4.90 Å². The molecule has 1 unspecified atom stereocenters. The highest BCUT2D eigenvalue weighted by atomic mass is 19.2. The molecule has 24 heavy (non-hydrogen) atoms. The van der Waals surface area contributed by atoms with Crippen LogP contribution in [0.4, 0.5) is 14.5 Å². The lowest BCUT2D eigenvalue weighted by molar-refractivity contribution is -0.0147. The van der Waals surface area contributed by atoms with Gasteiger partial charge in [0.25, 0.3) is 0 Å². The molecule has 0 radical (unpaired) electrons. The molecule has 0 spiro atoms. The molecule has 1 atom stereocenters. The van der Waals surface area contributed by atoms with Gasteiger partial charge in [0.1, 0.15) is 0 Å². The average molecular weight is 338 g/mol. The van der Waals surface area contributed by atoms with Gasteiger partial charge in [0, 0.05) is 44.0 Å². The quantitative estimate of drug-likeness (QED) is 0.812. The van der Waals surface area contributed by atoms with Gasteiger partial charge in [-0.15, -0.1) is 0 Å². The summed E-state index contributed by atoms with van der Waals surface area (Å²) in [6.45, 7) is 6.94. The third kappa shape index (κ3) is 4.25. The lowest BCUT2D eigenvalue weighted by Gasteiger charge is -2.40. The second-order valence-electron chi connectivity index (χ2n) is 6.89. The van der Waals surface area contributed by atoms with E-state index in [9.17, 15) is 8.78 Å². The second kappa shape index (κ2) is 8.26. The minimum atomic E-state index is -0.779. The normalized spacial score (nSPS) is 23.0. The molecule has 2 aliphatic heterocycles. The number of anilines is 1. The van der Waals surface area contributed by atoms with Gasteiger partial charge >= 0.3 is 0 Å². The lowest BCUT2D eigenvalue weighted by atomic mass is 10.0. The van der Waals surface area contributed by atoms with Crippen molar-refractivity contribution in [3.63, 3.8) is 0 Å². The van der Waals surface area contributed by atoms with Crippen LogP contribution in [0.25, 0.3) is 0 Å². The maximum atomic E-state index is 13.4.